The topological polar surface area (TPSA) is 67.2 Å². The number of nitrogens with zero attached hydrogens (tertiary/aromatic N) is 2. The van der Waals surface area contributed by atoms with Gasteiger partial charge in [-0.25, -0.2) is 0 Å². The number of hydrogen-bond acceptors (Lipinski definition) is 5. The molecule has 1 N–H and O–H groups in total. The summed E-state index contributed by atoms with van der Waals surface area (Å²) in [7, 11) is 1.64. The Morgan fingerprint density at radius 1 is 1.16 bits per heavy atom. The maximum atomic E-state index is 9.45. The summed E-state index contributed by atoms with van der Waals surface area (Å²) in [6, 6.07) is 15.7. The zero-order chi connectivity index (χ0) is 17.6. The van der Waals surface area contributed by atoms with E-state index in [1.54, 1.807) is 13.3 Å². The number of hydrogen-bond donors (Lipinski definition) is 1. The lowest BCUT2D eigenvalue weighted by molar-refractivity contribution is 0.340. The molecule has 5 nitrogen and oxygen atoms in total. The predicted octanol–water partition coefficient (Wildman–Crippen LogP) is 4.13. The SMILES string of the molecule is CCOc1ccc2ncc(C#N)c(NCc3cccc(OC)c3)c2c1. The van der Waals surface area contributed by atoms with Crippen LogP contribution in [-0.4, -0.2) is 18.7 Å². The second-order valence-corrected chi connectivity index (χ2v) is 5.48. The maximum Gasteiger partial charge on any atom is 0.120 e. The third-order valence-corrected chi connectivity index (χ3v) is 3.87. The van der Waals surface area contributed by atoms with Gasteiger partial charge in [-0.15, -0.1) is 0 Å². The van der Waals surface area contributed by atoms with Crippen LogP contribution in [0.2, 0.25) is 0 Å². The summed E-state index contributed by atoms with van der Waals surface area (Å²) in [5.74, 6) is 1.56. The molecule has 0 aliphatic rings. The van der Waals surface area contributed by atoms with Gasteiger partial charge >= 0.3 is 0 Å². The summed E-state index contributed by atoms with van der Waals surface area (Å²) in [6.07, 6.45) is 1.59. The Bertz CT molecular complexity index is 932. The first-order valence-corrected chi connectivity index (χ1v) is 8.07. The summed E-state index contributed by atoms with van der Waals surface area (Å²) in [6.45, 7) is 3.10. The molecule has 1 aromatic heterocycles. The Hall–Kier alpha value is -3.26. The molecule has 5 heteroatoms. The molecule has 0 aliphatic heterocycles. The average molecular weight is 333 g/mol. The van der Waals surface area contributed by atoms with Crippen LogP contribution in [0.4, 0.5) is 5.69 Å². The van der Waals surface area contributed by atoms with Crippen LogP contribution >= 0.6 is 0 Å². The van der Waals surface area contributed by atoms with E-state index in [1.807, 2.05) is 49.4 Å². The lowest BCUT2D eigenvalue weighted by atomic mass is 10.1. The zero-order valence-corrected chi connectivity index (χ0v) is 14.2. The van der Waals surface area contributed by atoms with Crippen LogP contribution in [0, 0.1) is 11.3 Å². The van der Waals surface area contributed by atoms with Gasteiger partial charge in [-0.05, 0) is 42.8 Å². The molecule has 0 saturated heterocycles. The summed E-state index contributed by atoms with van der Waals surface area (Å²) in [5, 5.41) is 13.7. The Kier molecular flexibility index (Phi) is 5.00. The zero-order valence-electron chi connectivity index (χ0n) is 14.2. The van der Waals surface area contributed by atoms with Crippen LogP contribution in [0.25, 0.3) is 10.9 Å². The molecule has 3 aromatic rings. The first kappa shape index (κ1) is 16.6. The van der Waals surface area contributed by atoms with Crippen molar-refractivity contribution in [2.75, 3.05) is 19.0 Å². The van der Waals surface area contributed by atoms with Gasteiger partial charge in [-0.3, -0.25) is 4.98 Å². The van der Waals surface area contributed by atoms with Crippen molar-refractivity contribution in [1.82, 2.24) is 4.98 Å². The third-order valence-electron chi connectivity index (χ3n) is 3.87. The van der Waals surface area contributed by atoms with E-state index in [9.17, 15) is 5.26 Å². The number of aromatic nitrogens is 1. The van der Waals surface area contributed by atoms with E-state index in [0.717, 1.165) is 33.7 Å². The molecule has 0 spiro atoms. The summed E-state index contributed by atoms with van der Waals surface area (Å²) in [4.78, 5) is 4.36. The first-order valence-electron chi connectivity index (χ1n) is 8.07. The third kappa shape index (κ3) is 3.64. The Balaban J connectivity index is 1.97. The number of nitrogens with one attached hydrogen (secondary N) is 1. The van der Waals surface area contributed by atoms with Gasteiger partial charge in [-0.2, -0.15) is 5.26 Å². The molecule has 0 atom stereocenters. The smallest absolute Gasteiger partial charge is 0.120 e. The molecule has 3 rings (SSSR count). The Morgan fingerprint density at radius 3 is 2.80 bits per heavy atom. The van der Waals surface area contributed by atoms with Crippen LogP contribution in [0.3, 0.4) is 0 Å². The van der Waals surface area contributed by atoms with Crippen LogP contribution < -0.4 is 14.8 Å². The fourth-order valence-corrected chi connectivity index (χ4v) is 2.68. The van der Waals surface area contributed by atoms with Crippen molar-refractivity contribution >= 4 is 16.6 Å². The average Bonchev–Trinajstić information content (AvgIpc) is 2.66. The van der Waals surface area contributed by atoms with E-state index in [0.29, 0.717) is 18.7 Å². The quantitative estimate of drug-likeness (QED) is 0.735. The predicted molar refractivity (Wildman–Crippen MR) is 97.9 cm³/mol. The van der Waals surface area contributed by atoms with E-state index in [-0.39, 0.29) is 0 Å². The molecular formula is C20H19N3O2. The molecule has 126 valence electrons. The largest absolute Gasteiger partial charge is 0.497 e. The molecule has 0 fully saturated rings. The Labute approximate surface area is 146 Å². The molecule has 0 aliphatic carbocycles. The monoisotopic (exact) mass is 333 g/mol. The first-order chi connectivity index (χ1) is 12.2. The van der Waals surface area contributed by atoms with E-state index < -0.39 is 0 Å². The molecule has 0 amide bonds. The van der Waals surface area contributed by atoms with Gasteiger partial charge in [0, 0.05) is 18.1 Å². The second-order valence-electron chi connectivity index (χ2n) is 5.48. The molecule has 0 saturated carbocycles. The van der Waals surface area contributed by atoms with Gasteiger partial charge in [0.1, 0.15) is 17.6 Å². The van der Waals surface area contributed by atoms with Gasteiger partial charge in [0.05, 0.1) is 30.5 Å². The second kappa shape index (κ2) is 7.54. The lowest BCUT2D eigenvalue weighted by Gasteiger charge is -2.13. The van der Waals surface area contributed by atoms with E-state index >= 15 is 0 Å². The van der Waals surface area contributed by atoms with E-state index in [2.05, 4.69) is 16.4 Å². The highest BCUT2D eigenvalue weighted by atomic mass is 16.5. The van der Waals surface area contributed by atoms with Gasteiger partial charge in [-0.1, -0.05) is 12.1 Å². The summed E-state index contributed by atoms with van der Waals surface area (Å²) < 4.78 is 10.8. The number of fused-ring (bicyclic) bond motifs is 1. The van der Waals surface area contributed by atoms with Crippen molar-refractivity contribution in [3.8, 4) is 17.6 Å². The molecular weight excluding hydrogens is 314 g/mol. The maximum absolute atomic E-state index is 9.45. The number of rotatable bonds is 6. The van der Waals surface area contributed by atoms with Gasteiger partial charge in [0.15, 0.2) is 0 Å². The van der Waals surface area contributed by atoms with Crippen LogP contribution in [0.5, 0.6) is 11.5 Å². The highest BCUT2D eigenvalue weighted by Crippen LogP contribution is 2.29. The minimum absolute atomic E-state index is 0.504. The number of nitriles is 1. The summed E-state index contributed by atoms with van der Waals surface area (Å²) in [5.41, 5.74) is 3.14. The number of methoxy groups -OCH3 is 1. The van der Waals surface area contributed by atoms with Gasteiger partial charge in [0.25, 0.3) is 0 Å². The number of anilines is 1. The fourth-order valence-electron chi connectivity index (χ4n) is 2.68. The highest BCUT2D eigenvalue weighted by Gasteiger charge is 2.10. The fraction of sp³-hybridized carbons (Fsp3) is 0.200. The number of pyridine rings is 1. The van der Waals surface area contributed by atoms with Crippen LogP contribution in [0.1, 0.15) is 18.1 Å². The number of ether oxygens (including phenoxy) is 2. The van der Waals surface area contributed by atoms with Crippen LogP contribution in [0.15, 0.2) is 48.7 Å². The van der Waals surface area contributed by atoms with E-state index in [4.69, 9.17) is 9.47 Å². The van der Waals surface area contributed by atoms with Crippen LogP contribution in [-0.2, 0) is 6.54 Å². The van der Waals surface area contributed by atoms with Crippen molar-refractivity contribution in [1.29, 1.82) is 5.26 Å². The molecule has 25 heavy (non-hydrogen) atoms. The normalized spacial score (nSPS) is 10.3. The minimum atomic E-state index is 0.504. The van der Waals surface area contributed by atoms with Gasteiger partial charge < -0.3 is 14.8 Å². The van der Waals surface area contributed by atoms with Crippen molar-refractivity contribution in [2.24, 2.45) is 0 Å². The van der Waals surface area contributed by atoms with Crippen molar-refractivity contribution in [3.63, 3.8) is 0 Å². The minimum Gasteiger partial charge on any atom is -0.497 e. The highest BCUT2D eigenvalue weighted by molar-refractivity contribution is 5.94. The van der Waals surface area contributed by atoms with Crippen molar-refractivity contribution in [3.05, 3.63) is 59.8 Å². The van der Waals surface area contributed by atoms with E-state index in [1.165, 1.54) is 0 Å². The molecule has 0 bridgehead atoms. The van der Waals surface area contributed by atoms with Gasteiger partial charge in [0.2, 0.25) is 0 Å². The molecule has 0 radical (unpaired) electrons. The lowest BCUT2D eigenvalue weighted by Crippen LogP contribution is -2.03. The molecule has 2 aromatic carbocycles. The summed E-state index contributed by atoms with van der Waals surface area (Å²) >= 11 is 0. The Morgan fingerprint density at radius 2 is 2.04 bits per heavy atom. The molecule has 1 heterocycles. The van der Waals surface area contributed by atoms with Crippen molar-refractivity contribution < 1.29 is 9.47 Å². The number of benzene rings is 2. The van der Waals surface area contributed by atoms with Crippen molar-refractivity contribution in [2.45, 2.75) is 13.5 Å². The molecule has 0 unspecified atom stereocenters. The standard InChI is InChI=1S/C20H19N3O2/c1-3-25-17-7-8-19-18(10-17)20(15(11-21)13-22-19)23-12-14-5-4-6-16(9-14)24-2/h4-10,13H,3,12H2,1-2H3,(H,22,23).